The number of hydrogen-bond acceptors (Lipinski definition) is 4. The smallest absolute Gasteiger partial charge is 0.350 e. The number of hydrogen-bond donors (Lipinski definition) is 2. The third kappa shape index (κ3) is 3.69. The van der Waals surface area contributed by atoms with Crippen molar-refractivity contribution in [2.75, 3.05) is 32.5 Å². The van der Waals surface area contributed by atoms with Crippen molar-refractivity contribution in [1.29, 1.82) is 0 Å². The molecule has 0 saturated carbocycles. The fraction of sp³-hybridized carbons (Fsp3) is 0.417. The van der Waals surface area contributed by atoms with Gasteiger partial charge in [0.2, 0.25) is 0 Å². The first-order valence-corrected chi connectivity index (χ1v) is 6.20. The molecule has 0 fully saturated rings. The molecule has 0 radical (unpaired) electrons. The van der Waals surface area contributed by atoms with Gasteiger partial charge in [-0.15, -0.1) is 0 Å². The highest BCUT2D eigenvalue weighted by Gasteiger charge is 2.31. The minimum absolute atomic E-state index is 0.0223. The van der Waals surface area contributed by atoms with Crippen molar-refractivity contribution in [1.82, 2.24) is 15.0 Å². The lowest BCUT2D eigenvalue weighted by Gasteiger charge is -2.09. The van der Waals surface area contributed by atoms with Gasteiger partial charge in [-0.25, -0.2) is 4.98 Å². The van der Waals surface area contributed by atoms with Crippen LogP contribution < -0.4 is 9.86 Å². The van der Waals surface area contributed by atoms with Crippen LogP contribution in [0.25, 0.3) is 11.0 Å². The average molecular weight is 302 g/mol. The summed E-state index contributed by atoms with van der Waals surface area (Å²) in [5.74, 6) is 0.124. The largest absolute Gasteiger partial charge is 0.416 e. The first-order chi connectivity index (χ1) is 9.77. The van der Waals surface area contributed by atoms with Crippen LogP contribution in [0.3, 0.4) is 0 Å². The van der Waals surface area contributed by atoms with E-state index in [9.17, 15) is 18.1 Å². The summed E-state index contributed by atoms with van der Waals surface area (Å²) < 4.78 is 38.4. The summed E-state index contributed by atoms with van der Waals surface area (Å²) >= 11 is 0. The van der Waals surface area contributed by atoms with Crippen molar-refractivity contribution in [3.8, 4) is 0 Å². The Labute approximate surface area is 118 Å². The Kier molecular flexibility index (Phi) is 4.12. The molecule has 0 bridgehead atoms. The molecule has 1 heterocycles. The summed E-state index contributed by atoms with van der Waals surface area (Å²) in [6.07, 6.45) is -4.47. The van der Waals surface area contributed by atoms with Crippen molar-refractivity contribution >= 4 is 17.0 Å². The lowest BCUT2D eigenvalue weighted by Crippen LogP contribution is -2.26. The van der Waals surface area contributed by atoms with Gasteiger partial charge in [-0.1, -0.05) is 5.10 Å². The van der Waals surface area contributed by atoms with Gasteiger partial charge in [-0.2, -0.15) is 13.2 Å². The van der Waals surface area contributed by atoms with Gasteiger partial charge >= 0.3 is 11.7 Å². The van der Waals surface area contributed by atoms with Crippen molar-refractivity contribution < 1.29 is 17.7 Å². The molecular weight excluding hydrogens is 287 g/mol. The lowest BCUT2D eigenvalue weighted by molar-refractivity contribution is -0.535. The van der Waals surface area contributed by atoms with E-state index in [4.69, 9.17) is 0 Å². The monoisotopic (exact) mass is 302 g/mol. The topological polar surface area (TPSA) is 66.9 Å². The lowest BCUT2D eigenvalue weighted by atomic mass is 10.2. The minimum atomic E-state index is -4.47. The number of alkyl halides is 3. The quantitative estimate of drug-likeness (QED) is 0.839. The molecule has 0 spiro atoms. The Bertz CT molecular complexity index is 695. The average Bonchev–Trinajstić information content (AvgIpc) is 2.36. The molecule has 1 aromatic heterocycles. The van der Waals surface area contributed by atoms with Gasteiger partial charge < -0.3 is 10.2 Å². The number of nitrogens with one attached hydrogen (secondary N) is 2. The summed E-state index contributed by atoms with van der Waals surface area (Å²) in [6.45, 7) is 1.19. The molecule has 0 saturated heterocycles. The molecule has 2 rings (SSSR count). The number of aromatic nitrogens is 3. The molecule has 2 aromatic rings. The number of aromatic amines is 1. The molecule has 114 valence electrons. The Morgan fingerprint density at radius 1 is 1.38 bits per heavy atom. The molecule has 9 heteroatoms. The summed E-state index contributed by atoms with van der Waals surface area (Å²) in [5.41, 5.74) is -0.819. The highest BCUT2D eigenvalue weighted by atomic mass is 19.4. The maximum absolute atomic E-state index is 12.7. The molecule has 0 amide bonds. The summed E-state index contributed by atoms with van der Waals surface area (Å²) in [7, 11) is 3.76. The van der Waals surface area contributed by atoms with E-state index in [2.05, 4.69) is 15.4 Å². The normalized spacial score (nSPS) is 12.1. The fourth-order valence-corrected chi connectivity index (χ4v) is 1.74. The van der Waals surface area contributed by atoms with E-state index in [0.717, 1.165) is 18.2 Å². The van der Waals surface area contributed by atoms with Crippen molar-refractivity contribution in [2.45, 2.75) is 6.18 Å². The van der Waals surface area contributed by atoms with E-state index in [1.807, 2.05) is 19.0 Å². The van der Waals surface area contributed by atoms with Crippen molar-refractivity contribution in [2.24, 2.45) is 0 Å². The van der Waals surface area contributed by atoms with E-state index in [-0.39, 0.29) is 17.0 Å². The molecule has 6 nitrogen and oxygen atoms in total. The Morgan fingerprint density at radius 2 is 2.10 bits per heavy atom. The van der Waals surface area contributed by atoms with E-state index in [1.165, 1.54) is 0 Å². The second-order valence-electron chi connectivity index (χ2n) is 4.80. The minimum Gasteiger partial charge on any atom is -0.350 e. The summed E-state index contributed by atoms with van der Waals surface area (Å²) in [5, 5.41) is 5.28. The van der Waals surface area contributed by atoms with Gasteiger partial charge in [-0.05, 0) is 26.2 Å². The van der Waals surface area contributed by atoms with Crippen molar-refractivity contribution in [3.05, 3.63) is 28.7 Å². The zero-order valence-corrected chi connectivity index (χ0v) is 11.5. The Hall–Kier alpha value is -2.16. The van der Waals surface area contributed by atoms with Crippen LogP contribution in [0.2, 0.25) is 0 Å². The zero-order valence-electron chi connectivity index (χ0n) is 11.5. The van der Waals surface area contributed by atoms with Gasteiger partial charge in [0.15, 0.2) is 4.54 Å². The van der Waals surface area contributed by atoms with Crippen LogP contribution >= 0.6 is 0 Å². The Balaban J connectivity index is 2.35. The van der Waals surface area contributed by atoms with Crippen LogP contribution in [-0.4, -0.2) is 42.2 Å². The second kappa shape index (κ2) is 5.68. The van der Waals surface area contributed by atoms with Gasteiger partial charge in [0.25, 0.3) is 5.95 Å². The van der Waals surface area contributed by atoms with E-state index in [1.54, 1.807) is 0 Å². The molecule has 0 aliphatic heterocycles. The predicted octanol–water partition coefficient (Wildman–Crippen LogP) is 1.47. The number of H-pyrrole nitrogens is 1. The third-order valence-corrected chi connectivity index (χ3v) is 2.81. The van der Waals surface area contributed by atoms with Gasteiger partial charge in [0.1, 0.15) is 5.52 Å². The van der Waals surface area contributed by atoms with Crippen LogP contribution in [0.5, 0.6) is 0 Å². The van der Waals surface area contributed by atoms with E-state index >= 15 is 0 Å². The number of fused-ring (bicyclic) bond motifs is 1. The molecule has 21 heavy (non-hydrogen) atoms. The molecule has 0 unspecified atom stereocenters. The highest BCUT2D eigenvalue weighted by molar-refractivity contribution is 5.72. The predicted molar refractivity (Wildman–Crippen MR) is 71.5 cm³/mol. The maximum atomic E-state index is 12.7. The zero-order chi connectivity index (χ0) is 15.6. The van der Waals surface area contributed by atoms with Crippen LogP contribution in [0.1, 0.15) is 5.56 Å². The maximum Gasteiger partial charge on any atom is 0.416 e. The molecule has 1 aromatic carbocycles. The third-order valence-electron chi connectivity index (χ3n) is 2.81. The first kappa shape index (κ1) is 15.2. The SMILES string of the molecule is CN(C)CCNc1nc2cc(C(F)(F)F)ccc2[n+](=O)[nH]1. The summed E-state index contributed by atoms with van der Waals surface area (Å²) in [6, 6.07) is 2.80. The number of rotatable bonds is 4. The first-order valence-electron chi connectivity index (χ1n) is 6.20. The molecule has 0 aliphatic rings. The van der Waals surface area contributed by atoms with Crippen LogP contribution in [0.4, 0.5) is 19.1 Å². The number of likely N-dealkylation sites (N-methyl/N-ethyl adjacent to an activating group) is 1. The number of anilines is 1. The van der Waals surface area contributed by atoms with Crippen LogP contribution in [0, 0.1) is 4.91 Å². The van der Waals surface area contributed by atoms with Gasteiger partial charge in [-0.3, -0.25) is 0 Å². The number of halogens is 3. The van der Waals surface area contributed by atoms with Crippen LogP contribution in [-0.2, 0) is 6.18 Å². The standard InChI is InChI=1S/C12H15F3N5O/c1-19(2)6-5-16-11-17-9-7-8(12(13,14)15)3-4-10(9)20(21)18-11/h3-4,7H,5-6H2,1-2H3,(H2,16,17,18,21)/q+1. The number of nitrogens with zero attached hydrogens (tertiary/aromatic N) is 3. The van der Waals surface area contributed by atoms with Crippen molar-refractivity contribution in [3.63, 3.8) is 0 Å². The molecule has 2 N–H and O–H groups in total. The van der Waals surface area contributed by atoms with Gasteiger partial charge in [0, 0.05) is 19.2 Å². The summed E-state index contributed by atoms with van der Waals surface area (Å²) in [4.78, 5) is 17.7. The highest BCUT2D eigenvalue weighted by Crippen LogP contribution is 2.30. The molecule has 0 aliphatic carbocycles. The Morgan fingerprint density at radius 3 is 2.71 bits per heavy atom. The fourth-order valence-electron chi connectivity index (χ4n) is 1.74. The van der Waals surface area contributed by atoms with Crippen LogP contribution in [0.15, 0.2) is 18.2 Å². The number of benzene rings is 1. The second-order valence-corrected chi connectivity index (χ2v) is 4.80. The van der Waals surface area contributed by atoms with E-state index in [0.29, 0.717) is 17.6 Å². The van der Waals surface area contributed by atoms with Gasteiger partial charge in [0.05, 0.1) is 10.5 Å². The van der Waals surface area contributed by atoms with E-state index < -0.39 is 11.7 Å². The molecular formula is C12H15F3N5O+. The molecule has 0 atom stereocenters.